The Balaban J connectivity index is 1.66. The first-order valence-corrected chi connectivity index (χ1v) is 13.6. The normalized spacial score (nSPS) is 12.9. The number of fused-ring (bicyclic) bond motifs is 5. The Morgan fingerprint density at radius 1 is 0.923 bits per heavy atom. The van der Waals surface area contributed by atoms with Crippen molar-refractivity contribution in [1.82, 2.24) is 9.78 Å². The molecular weight excluding hydrogens is 356 g/mol. The molecule has 0 N–H and O–H groups in total. The summed E-state index contributed by atoms with van der Waals surface area (Å²) >= 11 is 1.82. The molecule has 0 saturated carbocycles. The second-order valence-electron chi connectivity index (χ2n) is 7.87. The van der Waals surface area contributed by atoms with Crippen molar-refractivity contribution in [3.8, 4) is 22.4 Å². The Morgan fingerprint density at radius 2 is 1.58 bits per heavy atom. The standard InChI is InChI=1S/C21H24N2OSSi/c1-26(2,3)13-12-24-15-23-14-18-16-8-4-6-10-19(16)25-20-11-7-5-9-17(20)21(18)22-23/h4-11,14H,12-13,15H2,1-3H3. The van der Waals surface area contributed by atoms with Crippen LogP contribution in [-0.2, 0) is 11.5 Å². The van der Waals surface area contributed by atoms with Crippen molar-refractivity contribution >= 4 is 19.8 Å². The third-order valence-electron chi connectivity index (χ3n) is 4.52. The Kier molecular flexibility index (Phi) is 4.78. The first kappa shape index (κ1) is 17.6. The van der Waals surface area contributed by atoms with E-state index < -0.39 is 8.07 Å². The molecule has 2 heterocycles. The summed E-state index contributed by atoms with van der Waals surface area (Å²) < 4.78 is 7.85. The lowest BCUT2D eigenvalue weighted by Crippen LogP contribution is -2.22. The summed E-state index contributed by atoms with van der Waals surface area (Å²) in [4.78, 5) is 2.53. The molecule has 26 heavy (non-hydrogen) atoms. The smallest absolute Gasteiger partial charge is 0.139 e. The lowest BCUT2D eigenvalue weighted by atomic mass is 10.0. The number of benzene rings is 2. The molecule has 3 nitrogen and oxygen atoms in total. The van der Waals surface area contributed by atoms with E-state index in [9.17, 15) is 0 Å². The predicted molar refractivity (Wildman–Crippen MR) is 111 cm³/mol. The van der Waals surface area contributed by atoms with E-state index in [0.717, 1.165) is 12.3 Å². The van der Waals surface area contributed by atoms with Gasteiger partial charge >= 0.3 is 0 Å². The zero-order valence-electron chi connectivity index (χ0n) is 15.5. The maximum atomic E-state index is 5.91. The molecule has 0 bridgehead atoms. The summed E-state index contributed by atoms with van der Waals surface area (Å²) in [6.07, 6.45) is 2.13. The van der Waals surface area contributed by atoms with Gasteiger partial charge in [0.1, 0.15) is 12.4 Å². The summed E-state index contributed by atoms with van der Waals surface area (Å²) in [5.41, 5.74) is 4.68. The van der Waals surface area contributed by atoms with Gasteiger partial charge in [0.2, 0.25) is 0 Å². The molecule has 3 aromatic rings. The van der Waals surface area contributed by atoms with Crippen LogP contribution in [0.4, 0.5) is 0 Å². The average molecular weight is 381 g/mol. The van der Waals surface area contributed by atoms with Gasteiger partial charge in [-0.3, -0.25) is 0 Å². The SMILES string of the molecule is C[Si](C)(C)CCOCn1cc2c(n1)-c1ccccc1Sc1ccccc1-2. The van der Waals surface area contributed by atoms with E-state index in [1.54, 1.807) is 0 Å². The third-order valence-corrected chi connectivity index (χ3v) is 7.38. The van der Waals surface area contributed by atoms with E-state index in [1.807, 2.05) is 16.4 Å². The van der Waals surface area contributed by atoms with Crippen LogP contribution in [0.5, 0.6) is 0 Å². The fourth-order valence-corrected chi connectivity index (χ4v) is 4.92. The van der Waals surface area contributed by atoms with Crippen molar-refractivity contribution in [1.29, 1.82) is 0 Å². The van der Waals surface area contributed by atoms with Gasteiger partial charge in [0.05, 0.1) is 0 Å². The van der Waals surface area contributed by atoms with E-state index in [0.29, 0.717) is 6.73 Å². The second-order valence-corrected chi connectivity index (χ2v) is 14.6. The minimum atomic E-state index is -1.06. The Labute approximate surface area is 160 Å². The Hall–Kier alpha value is -1.82. The van der Waals surface area contributed by atoms with Gasteiger partial charge in [0, 0.05) is 41.8 Å². The van der Waals surface area contributed by atoms with E-state index in [-0.39, 0.29) is 0 Å². The zero-order valence-corrected chi connectivity index (χ0v) is 17.3. The molecule has 0 unspecified atom stereocenters. The molecule has 0 saturated heterocycles. The van der Waals surface area contributed by atoms with Crippen LogP contribution in [0.2, 0.25) is 25.7 Å². The molecule has 0 atom stereocenters. The van der Waals surface area contributed by atoms with Crippen molar-refractivity contribution in [3.05, 3.63) is 54.7 Å². The van der Waals surface area contributed by atoms with Crippen LogP contribution in [0.15, 0.2) is 64.5 Å². The number of hydrogen-bond donors (Lipinski definition) is 0. The number of nitrogens with zero attached hydrogens (tertiary/aromatic N) is 2. The van der Waals surface area contributed by atoms with Gasteiger partial charge in [0.15, 0.2) is 0 Å². The largest absolute Gasteiger partial charge is 0.360 e. The van der Waals surface area contributed by atoms with Crippen molar-refractivity contribution in [2.24, 2.45) is 0 Å². The maximum absolute atomic E-state index is 5.91. The first-order valence-electron chi connectivity index (χ1n) is 9.03. The van der Waals surface area contributed by atoms with Gasteiger partial charge in [-0.25, -0.2) is 4.68 Å². The van der Waals surface area contributed by atoms with E-state index in [1.165, 1.54) is 32.5 Å². The molecule has 0 aliphatic carbocycles. The second kappa shape index (κ2) is 7.06. The van der Waals surface area contributed by atoms with E-state index in [2.05, 4.69) is 74.4 Å². The molecule has 0 amide bonds. The van der Waals surface area contributed by atoms with Crippen molar-refractivity contribution < 1.29 is 4.74 Å². The van der Waals surface area contributed by atoms with E-state index in [4.69, 9.17) is 9.84 Å². The molecule has 1 aliphatic rings. The Bertz CT molecular complexity index is 867. The van der Waals surface area contributed by atoms with Gasteiger partial charge in [-0.2, -0.15) is 5.10 Å². The topological polar surface area (TPSA) is 27.1 Å². The van der Waals surface area contributed by atoms with Crippen LogP contribution in [0.3, 0.4) is 0 Å². The molecule has 134 valence electrons. The fourth-order valence-electron chi connectivity index (χ4n) is 3.07. The van der Waals surface area contributed by atoms with Crippen molar-refractivity contribution in [2.45, 2.75) is 42.2 Å². The fraction of sp³-hybridized carbons (Fsp3) is 0.286. The third kappa shape index (κ3) is 3.65. The summed E-state index contributed by atoms with van der Waals surface area (Å²) in [6, 6.07) is 18.3. The lowest BCUT2D eigenvalue weighted by Gasteiger charge is -2.15. The maximum Gasteiger partial charge on any atom is 0.139 e. The lowest BCUT2D eigenvalue weighted by molar-refractivity contribution is 0.0788. The number of aromatic nitrogens is 2. The number of ether oxygens (including phenoxy) is 1. The monoisotopic (exact) mass is 380 g/mol. The molecule has 1 aromatic heterocycles. The number of hydrogen-bond acceptors (Lipinski definition) is 3. The highest BCUT2D eigenvalue weighted by Crippen LogP contribution is 2.46. The minimum Gasteiger partial charge on any atom is -0.360 e. The van der Waals surface area contributed by atoms with Gasteiger partial charge in [0.25, 0.3) is 0 Å². The minimum absolute atomic E-state index is 0.509. The molecule has 0 spiro atoms. The summed E-state index contributed by atoms with van der Waals surface area (Å²) in [6.45, 7) is 8.44. The predicted octanol–water partition coefficient (Wildman–Crippen LogP) is 5.99. The van der Waals surface area contributed by atoms with Gasteiger partial charge in [-0.1, -0.05) is 67.8 Å². The van der Waals surface area contributed by atoms with Gasteiger partial charge in [-0.15, -0.1) is 0 Å². The molecular formula is C21H24N2OSSi. The highest BCUT2D eigenvalue weighted by atomic mass is 32.2. The quantitative estimate of drug-likeness (QED) is 0.314. The van der Waals surface area contributed by atoms with Gasteiger partial charge < -0.3 is 4.74 Å². The van der Waals surface area contributed by atoms with Crippen molar-refractivity contribution in [3.63, 3.8) is 0 Å². The van der Waals surface area contributed by atoms with Crippen LogP contribution in [-0.4, -0.2) is 24.5 Å². The molecule has 1 aliphatic heterocycles. The summed E-state index contributed by atoms with van der Waals surface area (Å²) in [5, 5.41) is 4.87. The van der Waals surface area contributed by atoms with Crippen LogP contribution in [0, 0.1) is 0 Å². The van der Waals surface area contributed by atoms with Crippen LogP contribution >= 0.6 is 11.8 Å². The Morgan fingerprint density at radius 3 is 2.31 bits per heavy atom. The zero-order chi connectivity index (χ0) is 18.1. The molecule has 4 rings (SSSR count). The first-order chi connectivity index (χ1) is 12.5. The molecule has 0 radical (unpaired) electrons. The summed E-state index contributed by atoms with van der Waals surface area (Å²) in [7, 11) is -1.06. The molecule has 0 fully saturated rings. The van der Waals surface area contributed by atoms with Crippen LogP contribution < -0.4 is 0 Å². The number of rotatable bonds is 5. The van der Waals surface area contributed by atoms with E-state index >= 15 is 0 Å². The summed E-state index contributed by atoms with van der Waals surface area (Å²) in [5.74, 6) is 0. The molecule has 2 aromatic carbocycles. The van der Waals surface area contributed by atoms with Crippen LogP contribution in [0.1, 0.15) is 0 Å². The average Bonchev–Trinajstić information content (AvgIpc) is 2.97. The van der Waals surface area contributed by atoms with Crippen molar-refractivity contribution in [2.75, 3.05) is 6.61 Å². The van der Waals surface area contributed by atoms with Crippen LogP contribution in [0.25, 0.3) is 22.4 Å². The molecule has 5 heteroatoms. The highest BCUT2D eigenvalue weighted by Gasteiger charge is 2.22. The highest BCUT2D eigenvalue weighted by molar-refractivity contribution is 7.99. The van der Waals surface area contributed by atoms with Gasteiger partial charge in [-0.05, 0) is 23.7 Å².